The summed E-state index contributed by atoms with van der Waals surface area (Å²) in [4.78, 5) is 29.4. The van der Waals surface area contributed by atoms with E-state index in [2.05, 4.69) is 10.3 Å². The molecule has 2 heterocycles. The van der Waals surface area contributed by atoms with E-state index in [4.69, 9.17) is 10.5 Å². The SMILES string of the molecule is Cc1nc(COc2ccccc2/C=C/C(=O)Nc2sc(C)c(C)c2C(N)=O)cs1. The van der Waals surface area contributed by atoms with Crippen LogP contribution in [0.5, 0.6) is 5.75 Å². The highest BCUT2D eigenvalue weighted by Crippen LogP contribution is 2.32. The maximum absolute atomic E-state index is 12.4. The Labute approximate surface area is 177 Å². The number of hydrogen-bond donors (Lipinski definition) is 2. The number of carbonyl (C=O) groups is 2. The van der Waals surface area contributed by atoms with Gasteiger partial charge < -0.3 is 15.8 Å². The summed E-state index contributed by atoms with van der Waals surface area (Å²) in [5.41, 5.74) is 8.23. The van der Waals surface area contributed by atoms with Crippen molar-refractivity contribution in [3.8, 4) is 5.75 Å². The van der Waals surface area contributed by atoms with Crippen LogP contribution in [0.4, 0.5) is 5.00 Å². The van der Waals surface area contributed by atoms with Gasteiger partial charge >= 0.3 is 0 Å². The lowest BCUT2D eigenvalue weighted by molar-refractivity contribution is -0.111. The highest BCUT2D eigenvalue weighted by atomic mass is 32.1. The van der Waals surface area contributed by atoms with Crippen molar-refractivity contribution in [2.75, 3.05) is 5.32 Å². The van der Waals surface area contributed by atoms with Crippen molar-refractivity contribution in [3.63, 3.8) is 0 Å². The van der Waals surface area contributed by atoms with Crippen LogP contribution in [-0.2, 0) is 11.4 Å². The summed E-state index contributed by atoms with van der Waals surface area (Å²) in [6.45, 7) is 6.00. The Morgan fingerprint density at radius 2 is 2.00 bits per heavy atom. The Morgan fingerprint density at radius 3 is 2.69 bits per heavy atom. The summed E-state index contributed by atoms with van der Waals surface area (Å²) >= 11 is 2.91. The van der Waals surface area contributed by atoms with Gasteiger partial charge in [0, 0.05) is 21.9 Å². The third kappa shape index (κ3) is 5.10. The number of hydrogen-bond acceptors (Lipinski definition) is 6. The van der Waals surface area contributed by atoms with Gasteiger partial charge in [-0.25, -0.2) is 4.98 Å². The van der Waals surface area contributed by atoms with Crippen molar-refractivity contribution < 1.29 is 14.3 Å². The Bertz CT molecular complexity index is 1080. The topological polar surface area (TPSA) is 94.3 Å². The Kier molecular flexibility index (Phi) is 6.46. The number of carbonyl (C=O) groups excluding carboxylic acids is 2. The number of thiazole rings is 1. The first-order valence-corrected chi connectivity index (χ1v) is 10.6. The van der Waals surface area contributed by atoms with Crippen molar-refractivity contribution in [1.82, 2.24) is 4.98 Å². The van der Waals surface area contributed by atoms with Gasteiger partial charge in [-0.2, -0.15) is 0 Å². The van der Waals surface area contributed by atoms with Gasteiger partial charge in [-0.1, -0.05) is 18.2 Å². The molecular formula is C21H21N3O3S2. The zero-order valence-electron chi connectivity index (χ0n) is 16.3. The van der Waals surface area contributed by atoms with Gasteiger partial charge in [-0.15, -0.1) is 22.7 Å². The number of nitrogens with two attached hydrogens (primary N) is 1. The van der Waals surface area contributed by atoms with Crippen molar-refractivity contribution in [2.24, 2.45) is 5.73 Å². The molecule has 0 spiro atoms. The third-order valence-corrected chi connectivity index (χ3v) is 6.19. The van der Waals surface area contributed by atoms with Gasteiger partial charge in [-0.05, 0) is 38.5 Å². The lowest BCUT2D eigenvalue weighted by Crippen LogP contribution is -2.16. The molecule has 0 bridgehead atoms. The molecule has 2 amide bonds. The number of aryl methyl sites for hydroxylation is 2. The largest absolute Gasteiger partial charge is 0.487 e. The van der Waals surface area contributed by atoms with Crippen LogP contribution in [0.3, 0.4) is 0 Å². The second-order valence-corrected chi connectivity index (χ2v) is 8.65. The first-order chi connectivity index (χ1) is 13.8. The minimum Gasteiger partial charge on any atom is -0.487 e. The molecule has 0 unspecified atom stereocenters. The van der Waals surface area contributed by atoms with Crippen LogP contribution in [-0.4, -0.2) is 16.8 Å². The van der Waals surface area contributed by atoms with Crippen LogP contribution in [0.15, 0.2) is 35.7 Å². The Hall–Kier alpha value is -2.97. The summed E-state index contributed by atoms with van der Waals surface area (Å²) < 4.78 is 5.86. The zero-order chi connectivity index (χ0) is 21.0. The summed E-state index contributed by atoms with van der Waals surface area (Å²) in [6, 6.07) is 7.44. The Morgan fingerprint density at radius 1 is 1.24 bits per heavy atom. The van der Waals surface area contributed by atoms with Gasteiger partial charge in [0.25, 0.3) is 5.91 Å². The number of para-hydroxylation sites is 1. The molecule has 6 nitrogen and oxygen atoms in total. The molecule has 8 heteroatoms. The monoisotopic (exact) mass is 427 g/mol. The normalized spacial score (nSPS) is 11.0. The third-order valence-electron chi connectivity index (χ3n) is 4.24. The molecule has 0 aliphatic rings. The van der Waals surface area contributed by atoms with E-state index in [9.17, 15) is 9.59 Å². The van der Waals surface area contributed by atoms with E-state index >= 15 is 0 Å². The molecule has 0 saturated heterocycles. The molecule has 3 N–H and O–H groups in total. The number of ether oxygens (including phenoxy) is 1. The number of primary amides is 1. The molecule has 150 valence electrons. The average Bonchev–Trinajstić information content (AvgIpc) is 3.21. The summed E-state index contributed by atoms with van der Waals surface area (Å²) in [7, 11) is 0. The number of nitrogens with zero attached hydrogens (tertiary/aromatic N) is 1. The molecule has 0 aliphatic carbocycles. The second-order valence-electron chi connectivity index (χ2n) is 6.36. The van der Waals surface area contributed by atoms with Gasteiger partial charge in [0.1, 0.15) is 17.4 Å². The molecule has 0 atom stereocenters. The van der Waals surface area contributed by atoms with Crippen molar-refractivity contribution >= 4 is 45.6 Å². The predicted octanol–water partition coefficient (Wildman–Crippen LogP) is 4.46. The van der Waals surface area contributed by atoms with Crippen LogP contribution < -0.4 is 15.8 Å². The molecule has 29 heavy (non-hydrogen) atoms. The number of thiophene rings is 1. The Balaban J connectivity index is 1.71. The van der Waals surface area contributed by atoms with Gasteiger partial charge in [0.2, 0.25) is 5.91 Å². The van der Waals surface area contributed by atoms with E-state index in [-0.39, 0.29) is 5.91 Å². The van der Waals surface area contributed by atoms with Gasteiger partial charge in [-0.3, -0.25) is 9.59 Å². The minimum atomic E-state index is -0.554. The highest BCUT2D eigenvalue weighted by Gasteiger charge is 2.18. The predicted molar refractivity (Wildman–Crippen MR) is 118 cm³/mol. The van der Waals surface area contributed by atoms with E-state index in [0.29, 0.717) is 22.9 Å². The molecular weight excluding hydrogens is 406 g/mol. The molecule has 0 aliphatic heterocycles. The maximum atomic E-state index is 12.4. The van der Waals surface area contributed by atoms with Crippen LogP contribution >= 0.6 is 22.7 Å². The van der Waals surface area contributed by atoms with Crippen molar-refractivity contribution in [2.45, 2.75) is 27.4 Å². The van der Waals surface area contributed by atoms with Crippen LogP contribution in [0, 0.1) is 20.8 Å². The molecule has 3 aromatic rings. The highest BCUT2D eigenvalue weighted by molar-refractivity contribution is 7.16. The summed E-state index contributed by atoms with van der Waals surface area (Å²) in [6.07, 6.45) is 3.08. The fraction of sp³-hybridized carbons (Fsp3) is 0.190. The molecule has 3 rings (SSSR count). The number of amides is 2. The van der Waals surface area contributed by atoms with E-state index in [1.165, 1.54) is 17.4 Å². The molecule has 0 saturated carbocycles. The first kappa shape index (κ1) is 20.8. The second kappa shape index (κ2) is 9.02. The minimum absolute atomic E-state index is 0.348. The standard InChI is InChI=1S/C21H21N3O3S2/c1-12-13(2)29-21(19(12)20(22)26)24-18(25)9-8-15-6-4-5-7-17(15)27-10-16-11-28-14(3)23-16/h4-9,11H,10H2,1-3H3,(H2,22,26)(H,24,25)/b9-8+. The lowest BCUT2D eigenvalue weighted by Gasteiger charge is -2.08. The summed E-state index contributed by atoms with van der Waals surface area (Å²) in [5.74, 6) is -0.247. The van der Waals surface area contributed by atoms with Gasteiger partial charge in [0.15, 0.2) is 0 Å². The van der Waals surface area contributed by atoms with Crippen LogP contribution in [0.1, 0.15) is 37.1 Å². The van der Waals surface area contributed by atoms with Crippen LogP contribution in [0.2, 0.25) is 0 Å². The van der Waals surface area contributed by atoms with E-state index in [1.807, 2.05) is 50.4 Å². The number of nitrogens with one attached hydrogen (secondary N) is 1. The van der Waals surface area contributed by atoms with E-state index in [0.717, 1.165) is 26.7 Å². The fourth-order valence-electron chi connectivity index (χ4n) is 2.71. The lowest BCUT2D eigenvalue weighted by atomic mass is 10.1. The number of anilines is 1. The summed E-state index contributed by atoms with van der Waals surface area (Å²) in [5, 5.41) is 6.16. The van der Waals surface area contributed by atoms with Gasteiger partial charge in [0.05, 0.1) is 16.3 Å². The zero-order valence-corrected chi connectivity index (χ0v) is 17.9. The smallest absolute Gasteiger partial charge is 0.251 e. The molecule has 1 aromatic carbocycles. The first-order valence-electron chi connectivity index (χ1n) is 8.87. The van der Waals surface area contributed by atoms with Crippen molar-refractivity contribution in [1.29, 1.82) is 0 Å². The molecule has 0 fully saturated rings. The fourth-order valence-corrected chi connectivity index (χ4v) is 4.37. The van der Waals surface area contributed by atoms with Crippen LogP contribution in [0.25, 0.3) is 6.08 Å². The quantitative estimate of drug-likeness (QED) is 0.544. The molecule has 0 radical (unpaired) electrons. The number of rotatable bonds is 7. The van der Waals surface area contributed by atoms with Crippen molar-refractivity contribution in [3.05, 3.63) is 68.0 Å². The number of aromatic nitrogens is 1. The number of benzene rings is 1. The van der Waals surface area contributed by atoms with E-state index < -0.39 is 5.91 Å². The molecule has 2 aromatic heterocycles. The van der Waals surface area contributed by atoms with E-state index in [1.54, 1.807) is 17.4 Å². The average molecular weight is 428 g/mol. The maximum Gasteiger partial charge on any atom is 0.251 e.